The van der Waals surface area contributed by atoms with E-state index in [0.29, 0.717) is 17.7 Å². The van der Waals surface area contributed by atoms with Crippen molar-refractivity contribution in [3.8, 4) is 28.4 Å². The molecule has 34 heavy (non-hydrogen) atoms. The lowest BCUT2D eigenvalue weighted by Crippen LogP contribution is -2.16. The van der Waals surface area contributed by atoms with Gasteiger partial charge in [0.2, 0.25) is 0 Å². The molecule has 0 N–H and O–H groups in total. The minimum Gasteiger partial charge on any atom is -0.493 e. The highest BCUT2D eigenvalue weighted by molar-refractivity contribution is 5.65. The summed E-state index contributed by atoms with van der Waals surface area (Å²) in [6, 6.07) is 15.7. The second-order valence-electron chi connectivity index (χ2n) is 6.79. The molecule has 0 aliphatic carbocycles. The molecule has 0 amide bonds. The number of benzene rings is 3. The molecule has 0 atom stereocenters. The molecule has 9 nitrogen and oxygen atoms in total. The van der Waals surface area contributed by atoms with E-state index in [1.807, 2.05) is 0 Å². The van der Waals surface area contributed by atoms with Crippen molar-refractivity contribution in [2.75, 3.05) is 13.2 Å². The van der Waals surface area contributed by atoms with Gasteiger partial charge in [-0.05, 0) is 41.5 Å². The van der Waals surface area contributed by atoms with Crippen LogP contribution in [-0.4, -0.2) is 29.4 Å². The zero-order valence-corrected chi connectivity index (χ0v) is 17.4. The molecule has 3 rings (SSSR count). The predicted molar refractivity (Wildman–Crippen MR) is 114 cm³/mol. The third-order valence-electron chi connectivity index (χ3n) is 4.45. The van der Waals surface area contributed by atoms with Gasteiger partial charge < -0.3 is 14.2 Å². The lowest BCUT2D eigenvalue weighted by atomic mass is 10.1. The standard InChI is InChI=1S/C22H17F3N2O7/c23-22(24,25)34-18-11-7-16(8-12-18)15-5-9-17(10-6-15)32-13-2-14-33-21-19(26(28)29)3-1-4-20(21)27(30)31/h1,3-12H,2,13-14H2. The fourth-order valence-electron chi connectivity index (χ4n) is 2.96. The molecule has 3 aromatic rings. The van der Waals surface area contributed by atoms with Gasteiger partial charge in [0.1, 0.15) is 11.5 Å². The Labute approximate surface area is 190 Å². The van der Waals surface area contributed by atoms with Crippen molar-refractivity contribution in [2.24, 2.45) is 0 Å². The molecular weight excluding hydrogens is 461 g/mol. The first-order valence-corrected chi connectivity index (χ1v) is 9.78. The van der Waals surface area contributed by atoms with Crippen LogP contribution in [0.4, 0.5) is 24.5 Å². The molecule has 0 bridgehead atoms. The van der Waals surface area contributed by atoms with Crippen LogP contribution >= 0.6 is 0 Å². The third kappa shape index (κ3) is 6.58. The summed E-state index contributed by atoms with van der Waals surface area (Å²) >= 11 is 0. The Bertz CT molecular complexity index is 1120. The van der Waals surface area contributed by atoms with Crippen LogP contribution in [-0.2, 0) is 0 Å². The Hall–Kier alpha value is -4.35. The van der Waals surface area contributed by atoms with E-state index in [1.54, 1.807) is 24.3 Å². The number of nitro benzene ring substituents is 2. The number of nitrogens with zero attached hydrogens (tertiary/aromatic N) is 2. The number of hydrogen-bond donors (Lipinski definition) is 0. The van der Waals surface area contributed by atoms with Crippen LogP contribution in [0.15, 0.2) is 66.7 Å². The number of ether oxygens (including phenoxy) is 3. The van der Waals surface area contributed by atoms with Gasteiger partial charge in [0, 0.05) is 18.6 Å². The largest absolute Gasteiger partial charge is 0.573 e. The number of alkyl halides is 3. The van der Waals surface area contributed by atoms with Crippen molar-refractivity contribution in [2.45, 2.75) is 12.8 Å². The van der Waals surface area contributed by atoms with E-state index in [9.17, 15) is 33.4 Å². The van der Waals surface area contributed by atoms with Crippen molar-refractivity contribution in [1.29, 1.82) is 0 Å². The molecular formula is C22H17F3N2O7. The van der Waals surface area contributed by atoms with Crippen molar-refractivity contribution >= 4 is 11.4 Å². The van der Waals surface area contributed by atoms with Gasteiger partial charge in [0.15, 0.2) is 0 Å². The van der Waals surface area contributed by atoms with E-state index < -0.39 is 33.3 Å². The normalized spacial score (nSPS) is 11.0. The summed E-state index contributed by atoms with van der Waals surface area (Å²) < 4.78 is 51.5. The van der Waals surface area contributed by atoms with Gasteiger partial charge in [-0.15, -0.1) is 13.2 Å². The van der Waals surface area contributed by atoms with Crippen molar-refractivity contribution in [1.82, 2.24) is 0 Å². The summed E-state index contributed by atoms with van der Waals surface area (Å²) in [6.07, 6.45) is -4.46. The summed E-state index contributed by atoms with van der Waals surface area (Å²) in [6.45, 7) is 0.132. The summed E-state index contributed by atoms with van der Waals surface area (Å²) in [7, 11) is 0. The van der Waals surface area contributed by atoms with E-state index >= 15 is 0 Å². The van der Waals surface area contributed by atoms with E-state index in [4.69, 9.17) is 9.47 Å². The fourth-order valence-corrected chi connectivity index (χ4v) is 2.96. The van der Waals surface area contributed by atoms with Gasteiger partial charge in [-0.3, -0.25) is 20.2 Å². The van der Waals surface area contributed by atoms with E-state index in [2.05, 4.69) is 4.74 Å². The number of rotatable bonds is 10. The quantitative estimate of drug-likeness (QED) is 0.202. The average molecular weight is 478 g/mol. The molecule has 0 aliphatic heterocycles. The van der Waals surface area contributed by atoms with Crippen LogP contribution in [0.2, 0.25) is 0 Å². The van der Waals surface area contributed by atoms with Crippen LogP contribution in [0.25, 0.3) is 11.1 Å². The maximum absolute atomic E-state index is 12.2. The lowest BCUT2D eigenvalue weighted by Gasteiger charge is -2.10. The monoisotopic (exact) mass is 478 g/mol. The molecule has 0 saturated carbocycles. The first-order valence-electron chi connectivity index (χ1n) is 9.78. The molecule has 0 radical (unpaired) electrons. The molecule has 0 heterocycles. The summed E-state index contributed by atoms with van der Waals surface area (Å²) in [4.78, 5) is 20.7. The lowest BCUT2D eigenvalue weighted by molar-refractivity contribution is -0.396. The second kappa shape index (κ2) is 10.5. The highest BCUT2D eigenvalue weighted by Crippen LogP contribution is 2.36. The zero-order chi connectivity index (χ0) is 24.7. The Morgan fingerprint density at radius 2 is 1.18 bits per heavy atom. The molecule has 0 aliphatic rings. The van der Waals surface area contributed by atoms with Gasteiger partial charge in [-0.2, -0.15) is 0 Å². The molecule has 178 valence electrons. The molecule has 0 aromatic heterocycles. The SMILES string of the molecule is O=[N+]([O-])c1cccc([N+](=O)[O-])c1OCCCOc1ccc(-c2ccc(OC(F)(F)F)cc2)cc1. The number of nitro groups is 2. The highest BCUT2D eigenvalue weighted by atomic mass is 19.4. The van der Waals surface area contributed by atoms with Crippen LogP contribution in [0.5, 0.6) is 17.2 Å². The van der Waals surface area contributed by atoms with Gasteiger partial charge in [0.05, 0.1) is 23.1 Å². The first kappa shape index (κ1) is 24.3. The summed E-state index contributed by atoms with van der Waals surface area (Å²) in [5, 5.41) is 22.2. The van der Waals surface area contributed by atoms with Crippen molar-refractivity contribution < 1.29 is 37.2 Å². The number of halogens is 3. The topological polar surface area (TPSA) is 114 Å². The van der Waals surface area contributed by atoms with Crippen LogP contribution in [0, 0.1) is 20.2 Å². The van der Waals surface area contributed by atoms with Crippen LogP contribution in [0.1, 0.15) is 6.42 Å². The average Bonchev–Trinajstić information content (AvgIpc) is 2.78. The Morgan fingerprint density at radius 1 is 0.706 bits per heavy atom. The van der Waals surface area contributed by atoms with E-state index in [1.165, 1.54) is 30.3 Å². The third-order valence-corrected chi connectivity index (χ3v) is 4.45. The maximum atomic E-state index is 12.2. The van der Waals surface area contributed by atoms with E-state index in [-0.39, 0.29) is 19.0 Å². The molecule has 0 spiro atoms. The highest BCUT2D eigenvalue weighted by Gasteiger charge is 2.31. The molecule has 12 heteroatoms. The fraction of sp³-hybridized carbons (Fsp3) is 0.182. The van der Waals surface area contributed by atoms with Crippen LogP contribution < -0.4 is 14.2 Å². The molecule has 0 unspecified atom stereocenters. The minimum absolute atomic E-state index is 0.0455. The molecule has 0 saturated heterocycles. The molecule has 3 aromatic carbocycles. The van der Waals surface area contributed by atoms with E-state index in [0.717, 1.165) is 17.7 Å². The maximum Gasteiger partial charge on any atom is 0.573 e. The Balaban J connectivity index is 1.52. The first-order chi connectivity index (χ1) is 16.1. The zero-order valence-electron chi connectivity index (χ0n) is 17.4. The minimum atomic E-state index is -4.75. The van der Waals surface area contributed by atoms with Gasteiger partial charge in [-0.25, -0.2) is 0 Å². The van der Waals surface area contributed by atoms with Crippen molar-refractivity contribution in [3.05, 3.63) is 87.0 Å². The Morgan fingerprint density at radius 3 is 1.65 bits per heavy atom. The summed E-state index contributed by atoms with van der Waals surface area (Å²) in [5.41, 5.74) is 0.436. The van der Waals surface area contributed by atoms with Crippen LogP contribution in [0.3, 0.4) is 0 Å². The second-order valence-corrected chi connectivity index (χ2v) is 6.79. The Kier molecular flexibility index (Phi) is 7.51. The van der Waals surface area contributed by atoms with Crippen molar-refractivity contribution in [3.63, 3.8) is 0 Å². The predicted octanol–water partition coefficient (Wildman–Crippen LogP) is 5.92. The smallest absolute Gasteiger partial charge is 0.493 e. The number of hydrogen-bond acceptors (Lipinski definition) is 7. The van der Waals surface area contributed by atoms with Gasteiger partial charge in [0.25, 0.3) is 5.75 Å². The molecule has 0 fully saturated rings. The number of para-hydroxylation sites is 1. The summed E-state index contributed by atoms with van der Waals surface area (Å²) in [5.74, 6) is -0.212. The van der Waals surface area contributed by atoms with Gasteiger partial charge in [-0.1, -0.05) is 24.3 Å². The van der Waals surface area contributed by atoms with Gasteiger partial charge >= 0.3 is 17.7 Å².